The highest BCUT2D eigenvalue weighted by atomic mass is 19.4. The number of halogens is 4. The first-order valence-electron chi connectivity index (χ1n) is 14.2. The lowest BCUT2D eigenvalue weighted by Crippen LogP contribution is -2.24. The van der Waals surface area contributed by atoms with E-state index in [1.165, 1.54) is 68.6 Å². The van der Waals surface area contributed by atoms with E-state index in [1.54, 1.807) is 0 Å². The predicted molar refractivity (Wildman–Crippen MR) is 138 cm³/mol. The van der Waals surface area contributed by atoms with Crippen LogP contribution in [-0.4, -0.2) is 0 Å². The summed E-state index contributed by atoms with van der Waals surface area (Å²) < 4.78 is 52.7. The van der Waals surface area contributed by atoms with Crippen molar-refractivity contribution in [3.63, 3.8) is 0 Å². The molecule has 3 saturated carbocycles. The second-order valence-electron chi connectivity index (χ2n) is 12.1. The normalized spacial score (nSPS) is 31.8. The van der Waals surface area contributed by atoms with Crippen molar-refractivity contribution >= 4 is 0 Å². The van der Waals surface area contributed by atoms with E-state index < -0.39 is 17.6 Å². The van der Waals surface area contributed by atoms with Gasteiger partial charge in [0.2, 0.25) is 0 Å². The van der Waals surface area contributed by atoms with Crippen molar-refractivity contribution in [2.45, 2.75) is 108 Å². The van der Waals surface area contributed by atoms with Crippen LogP contribution in [0.4, 0.5) is 17.6 Å². The molecule has 196 valence electrons. The van der Waals surface area contributed by atoms with Gasteiger partial charge in [-0.1, -0.05) is 50.1 Å². The Kier molecular flexibility index (Phi) is 7.79. The molecule has 0 atom stereocenters. The first-order chi connectivity index (χ1) is 17.3. The molecule has 4 heteroatoms. The SMILES string of the molecule is CC1CCC(C2CCC(c3ccc(C4CCC(c5ccc(C(F)(F)F)c(F)c5)CC4)cc3)CC2)CC1. The first-order valence-corrected chi connectivity index (χ1v) is 14.2. The first kappa shape index (κ1) is 25.8. The van der Waals surface area contributed by atoms with E-state index in [2.05, 4.69) is 31.2 Å². The number of hydrogen-bond donors (Lipinski definition) is 0. The minimum atomic E-state index is -4.64. The van der Waals surface area contributed by atoms with Gasteiger partial charge in [0.25, 0.3) is 0 Å². The Morgan fingerprint density at radius 2 is 0.944 bits per heavy atom. The Balaban J connectivity index is 1.12. The zero-order valence-electron chi connectivity index (χ0n) is 21.5. The van der Waals surface area contributed by atoms with Gasteiger partial charge in [-0.15, -0.1) is 0 Å². The van der Waals surface area contributed by atoms with Gasteiger partial charge in [-0.25, -0.2) is 4.39 Å². The Morgan fingerprint density at radius 3 is 1.39 bits per heavy atom. The zero-order chi connectivity index (χ0) is 25.3. The summed E-state index contributed by atoms with van der Waals surface area (Å²) in [6.07, 6.45) is 10.3. The molecule has 2 aromatic carbocycles. The van der Waals surface area contributed by atoms with E-state index >= 15 is 0 Å². The van der Waals surface area contributed by atoms with Crippen LogP contribution in [0, 0.1) is 23.6 Å². The van der Waals surface area contributed by atoms with Crippen molar-refractivity contribution in [3.05, 3.63) is 70.5 Å². The van der Waals surface area contributed by atoms with E-state index in [4.69, 9.17) is 0 Å². The maximum absolute atomic E-state index is 14.0. The average molecular weight is 501 g/mol. The lowest BCUT2D eigenvalue weighted by Gasteiger charge is -2.37. The van der Waals surface area contributed by atoms with Gasteiger partial charge in [-0.3, -0.25) is 0 Å². The highest BCUT2D eigenvalue weighted by Gasteiger charge is 2.35. The van der Waals surface area contributed by atoms with Gasteiger partial charge < -0.3 is 0 Å². The molecule has 5 rings (SSSR count). The molecule has 36 heavy (non-hydrogen) atoms. The van der Waals surface area contributed by atoms with Crippen molar-refractivity contribution < 1.29 is 17.6 Å². The maximum atomic E-state index is 14.0. The summed E-state index contributed by atoms with van der Waals surface area (Å²) >= 11 is 0. The lowest BCUT2D eigenvalue weighted by atomic mass is 9.68. The second kappa shape index (κ2) is 10.9. The van der Waals surface area contributed by atoms with E-state index in [9.17, 15) is 17.6 Å². The summed E-state index contributed by atoms with van der Waals surface area (Å²) in [7, 11) is 0. The molecule has 0 unspecified atom stereocenters. The number of hydrogen-bond acceptors (Lipinski definition) is 0. The van der Waals surface area contributed by atoms with E-state index in [1.807, 2.05) is 0 Å². The third-order valence-corrected chi connectivity index (χ3v) is 9.88. The molecule has 0 nitrogen and oxygen atoms in total. The van der Waals surface area contributed by atoms with Gasteiger partial charge >= 0.3 is 6.18 Å². The van der Waals surface area contributed by atoms with Crippen molar-refractivity contribution in [2.75, 3.05) is 0 Å². The molecule has 3 aliphatic rings. The third kappa shape index (κ3) is 5.83. The van der Waals surface area contributed by atoms with Crippen LogP contribution in [-0.2, 0) is 6.18 Å². The number of benzene rings is 2. The molecule has 0 N–H and O–H groups in total. The van der Waals surface area contributed by atoms with Gasteiger partial charge in [-0.05, 0) is 129 Å². The van der Waals surface area contributed by atoms with Crippen LogP contribution in [0.5, 0.6) is 0 Å². The molecule has 3 aliphatic carbocycles. The summed E-state index contributed by atoms with van der Waals surface area (Å²) in [6, 6.07) is 12.8. The molecule has 0 spiro atoms. The molecule has 0 bridgehead atoms. The largest absolute Gasteiger partial charge is 0.419 e. The van der Waals surface area contributed by atoms with Crippen LogP contribution in [0.25, 0.3) is 0 Å². The number of rotatable bonds is 4. The van der Waals surface area contributed by atoms with Crippen LogP contribution in [0.1, 0.15) is 124 Å². The minimum Gasteiger partial charge on any atom is -0.206 e. The van der Waals surface area contributed by atoms with Gasteiger partial charge in [0.1, 0.15) is 5.82 Å². The second-order valence-corrected chi connectivity index (χ2v) is 12.1. The molecule has 0 aliphatic heterocycles. The summed E-state index contributed by atoms with van der Waals surface area (Å²) in [6.45, 7) is 2.41. The Morgan fingerprint density at radius 1 is 0.556 bits per heavy atom. The lowest BCUT2D eigenvalue weighted by molar-refractivity contribution is -0.140. The van der Waals surface area contributed by atoms with Gasteiger partial charge in [-0.2, -0.15) is 13.2 Å². The smallest absolute Gasteiger partial charge is 0.206 e. The van der Waals surface area contributed by atoms with Crippen LogP contribution in [0.3, 0.4) is 0 Å². The maximum Gasteiger partial charge on any atom is 0.419 e. The highest BCUT2D eigenvalue weighted by Crippen LogP contribution is 2.45. The monoisotopic (exact) mass is 500 g/mol. The van der Waals surface area contributed by atoms with Crippen LogP contribution in [0.15, 0.2) is 42.5 Å². The molecule has 0 saturated heterocycles. The van der Waals surface area contributed by atoms with E-state index in [-0.39, 0.29) is 5.92 Å². The predicted octanol–water partition coefficient (Wildman–Crippen LogP) is 10.4. The van der Waals surface area contributed by atoms with Crippen LogP contribution < -0.4 is 0 Å². The summed E-state index contributed by atoms with van der Waals surface area (Å²) in [5, 5.41) is 0. The highest BCUT2D eigenvalue weighted by molar-refractivity contribution is 5.31. The Labute approximate surface area is 213 Å². The fourth-order valence-electron chi connectivity index (χ4n) is 7.50. The summed E-state index contributed by atoms with van der Waals surface area (Å²) in [4.78, 5) is 0. The molecule has 0 amide bonds. The van der Waals surface area contributed by atoms with Crippen LogP contribution in [0.2, 0.25) is 0 Å². The van der Waals surface area contributed by atoms with Crippen molar-refractivity contribution in [1.82, 2.24) is 0 Å². The van der Waals surface area contributed by atoms with Gasteiger partial charge in [0.15, 0.2) is 0 Å². The summed E-state index contributed by atoms with van der Waals surface area (Å²) in [5.41, 5.74) is 2.40. The Bertz CT molecular complexity index is 984. The van der Waals surface area contributed by atoms with E-state index in [0.717, 1.165) is 55.6 Å². The Hall–Kier alpha value is -1.84. The quantitative estimate of drug-likeness (QED) is 0.366. The molecule has 2 aromatic rings. The van der Waals surface area contributed by atoms with Crippen molar-refractivity contribution in [2.24, 2.45) is 17.8 Å². The molecule has 3 fully saturated rings. The molecular formula is C32H40F4. The minimum absolute atomic E-state index is 0.139. The van der Waals surface area contributed by atoms with Crippen molar-refractivity contribution in [1.29, 1.82) is 0 Å². The third-order valence-electron chi connectivity index (χ3n) is 9.88. The molecule has 0 heterocycles. The van der Waals surface area contributed by atoms with Crippen LogP contribution >= 0.6 is 0 Å². The fourth-order valence-corrected chi connectivity index (χ4v) is 7.50. The molecular weight excluding hydrogens is 460 g/mol. The summed E-state index contributed by atoms with van der Waals surface area (Å²) in [5.74, 6) is 3.01. The van der Waals surface area contributed by atoms with Crippen molar-refractivity contribution in [3.8, 4) is 0 Å². The van der Waals surface area contributed by atoms with Gasteiger partial charge in [0.05, 0.1) is 5.56 Å². The standard InChI is InChI=1S/C32H40F4/c1-21-2-4-22(5-3-21)23-6-8-24(9-7-23)25-10-12-26(13-11-25)27-14-16-28(17-15-27)29-18-19-30(31(33)20-29)32(34,35)36/h10-13,18-24,27-28H,2-9,14-17H2,1H3. The topological polar surface area (TPSA) is 0 Å². The number of alkyl halides is 3. The van der Waals surface area contributed by atoms with Gasteiger partial charge in [0, 0.05) is 0 Å². The van der Waals surface area contributed by atoms with E-state index in [0.29, 0.717) is 17.4 Å². The zero-order valence-corrected chi connectivity index (χ0v) is 21.5. The fraction of sp³-hybridized carbons (Fsp3) is 0.625. The average Bonchev–Trinajstić information content (AvgIpc) is 2.89. The molecule has 0 radical (unpaired) electrons. The molecule has 0 aromatic heterocycles.